The van der Waals surface area contributed by atoms with Crippen molar-refractivity contribution in [2.24, 2.45) is 0 Å². The first-order valence-electron chi connectivity index (χ1n) is 12.5. The zero-order chi connectivity index (χ0) is 25.8. The van der Waals surface area contributed by atoms with E-state index in [4.69, 9.17) is 0 Å². The standard InChI is InChI=1S/C28H29F2N5O2/c29-21-17-20(18-22(30)19-21)27(36)32-23-8-11-33(12-9-23)25-6-2-1-5-24(25)28(37)35-15-13-34(14-16-35)26-7-3-4-10-31-26/h1-7,10,17-19,23H,8-9,11-16H2,(H,32,36). The van der Waals surface area contributed by atoms with Crippen molar-refractivity contribution in [1.82, 2.24) is 15.2 Å². The topological polar surface area (TPSA) is 68.8 Å². The van der Waals surface area contributed by atoms with Gasteiger partial charge in [0.15, 0.2) is 0 Å². The molecule has 2 aliphatic rings. The summed E-state index contributed by atoms with van der Waals surface area (Å²) in [4.78, 5) is 36.6. The van der Waals surface area contributed by atoms with Crippen LogP contribution in [0.2, 0.25) is 0 Å². The Bertz CT molecular complexity index is 1240. The molecule has 1 aromatic heterocycles. The van der Waals surface area contributed by atoms with Crippen molar-refractivity contribution in [3.63, 3.8) is 0 Å². The number of pyridine rings is 1. The SMILES string of the molecule is O=C(NC1CCN(c2ccccc2C(=O)N2CCN(c3ccccn3)CC2)CC1)c1cc(F)cc(F)c1. The average Bonchev–Trinajstić information content (AvgIpc) is 2.93. The van der Waals surface area contributed by atoms with E-state index in [1.807, 2.05) is 47.4 Å². The van der Waals surface area contributed by atoms with Crippen LogP contribution in [0.1, 0.15) is 33.6 Å². The predicted octanol–water partition coefficient (Wildman–Crippen LogP) is 3.72. The number of carbonyl (C=O) groups excluding carboxylic acids is 2. The van der Waals surface area contributed by atoms with Gasteiger partial charge in [-0.05, 0) is 49.2 Å². The number of amides is 2. The number of hydrogen-bond donors (Lipinski definition) is 1. The molecule has 0 atom stereocenters. The molecule has 2 fully saturated rings. The Morgan fingerprint density at radius 3 is 2.16 bits per heavy atom. The molecular weight excluding hydrogens is 476 g/mol. The normalized spacial score (nSPS) is 16.5. The minimum Gasteiger partial charge on any atom is -0.371 e. The summed E-state index contributed by atoms with van der Waals surface area (Å²) >= 11 is 0. The van der Waals surface area contributed by atoms with Gasteiger partial charge in [0.25, 0.3) is 11.8 Å². The van der Waals surface area contributed by atoms with E-state index >= 15 is 0 Å². The minimum absolute atomic E-state index is 0.0137. The molecule has 1 N–H and O–H groups in total. The van der Waals surface area contributed by atoms with Gasteiger partial charge in [0.2, 0.25) is 0 Å². The van der Waals surface area contributed by atoms with Crippen LogP contribution in [-0.2, 0) is 0 Å². The highest BCUT2D eigenvalue weighted by atomic mass is 19.1. The molecule has 3 aromatic rings. The van der Waals surface area contributed by atoms with Crippen LogP contribution in [0, 0.1) is 11.6 Å². The second-order valence-corrected chi connectivity index (χ2v) is 9.38. The van der Waals surface area contributed by atoms with Crippen LogP contribution in [0.3, 0.4) is 0 Å². The number of rotatable bonds is 5. The van der Waals surface area contributed by atoms with E-state index in [1.54, 1.807) is 6.20 Å². The van der Waals surface area contributed by atoms with Gasteiger partial charge in [0.05, 0.1) is 5.56 Å². The molecule has 2 aliphatic heterocycles. The van der Waals surface area contributed by atoms with Crippen molar-refractivity contribution in [2.45, 2.75) is 18.9 Å². The first kappa shape index (κ1) is 24.7. The molecule has 0 bridgehead atoms. The number of carbonyl (C=O) groups is 2. The number of nitrogens with one attached hydrogen (secondary N) is 1. The predicted molar refractivity (Wildman–Crippen MR) is 138 cm³/mol. The van der Waals surface area contributed by atoms with Crippen molar-refractivity contribution >= 4 is 23.3 Å². The van der Waals surface area contributed by atoms with Gasteiger partial charge in [0, 0.05) is 68.8 Å². The number of piperazine rings is 1. The Morgan fingerprint density at radius 1 is 0.811 bits per heavy atom. The molecule has 2 aromatic carbocycles. The number of piperidine rings is 1. The largest absolute Gasteiger partial charge is 0.371 e. The molecule has 37 heavy (non-hydrogen) atoms. The summed E-state index contributed by atoms with van der Waals surface area (Å²) in [5.41, 5.74) is 1.53. The Balaban J connectivity index is 1.19. The second-order valence-electron chi connectivity index (χ2n) is 9.38. The smallest absolute Gasteiger partial charge is 0.256 e. The quantitative estimate of drug-likeness (QED) is 0.573. The van der Waals surface area contributed by atoms with E-state index in [1.165, 1.54) is 0 Å². The number of nitrogens with zero attached hydrogens (tertiary/aromatic N) is 4. The van der Waals surface area contributed by atoms with Crippen LogP contribution >= 0.6 is 0 Å². The van der Waals surface area contributed by atoms with E-state index in [2.05, 4.69) is 20.1 Å². The Hall–Kier alpha value is -4.01. The van der Waals surface area contributed by atoms with Gasteiger partial charge in [0.1, 0.15) is 17.5 Å². The first-order chi connectivity index (χ1) is 18.0. The van der Waals surface area contributed by atoms with Gasteiger partial charge in [-0.2, -0.15) is 0 Å². The summed E-state index contributed by atoms with van der Waals surface area (Å²) < 4.78 is 27.0. The van der Waals surface area contributed by atoms with E-state index in [0.29, 0.717) is 44.6 Å². The molecule has 0 unspecified atom stereocenters. The molecule has 7 nitrogen and oxygen atoms in total. The summed E-state index contributed by atoms with van der Waals surface area (Å²) in [5, 5.41) is 2.88. The molecule has 192 valence electrons. The zero-order valence-corrected chi connectivity index (χ0v) is 20.4. The summed E-state index contributed by atoms with van der Waals surface area (Å²) in [6.07, 6.45) is 3.10. The fourth-order valence-corrected chi connectivity index (χ4v) is 5.00. The van der Waals surface area contributed by atoms with Crippen LogP contribution < -0.4 is 15.1 Å². The third-order valence-corrected chi connectivity index (χ3v) is 6.97. The molecular formula is C28H29F2N5O2. The molecule has 0 spiro atoms. The van der Waals surface area contributed by atoms with Gasteiger partial charge in [-0.3, -0.25) is 9.59 Å². The van der Waals surface area contributed by atoms with Crippen LogP contribution in [0.4, 0.5) is 20.3 Å². The number of para-hydroxylation sites is 1. The molecule has 2 amide bonds. The number of aromatic nitrogens is 1. The molecule has 0 radical (unpaired) electrons. The second kappa shape index (κ2) is 10.9. The maximum Gasteiger partial charge on any atom is 0.256 e. The fraction of sp³-hybridized carbons (Fsp3) is 0.321. The average molecular weight is 506 g/mol. The third-order valence-electron chi connectivity index (χ3n) is 6.97. The Kier molecular flexibility index (Phi) is 7.30. The Morgan fingerprint density at radius 2 is 1.49 bits per heavy atom. The van der Waals surface area contributed by atoms with Crippen molar-refractivity contribution in [3.05, 3.63) is 89.6 Å². The van der Waals surface area contributed by atoms with Crippen molar-refractivity contribution in [3.8, 4) is 0 Å². The van der Waals surface area contributed by atoms with E-state index in [9.17, 15) is 18.4 Å². The van der Waals surface area contributed by atoms with Gasteiger partial charge < -0.3 is 20.0 Å². The molecule has 9 heteroatoms. The lowest BCUT2D eigenvalue weighted by atomic mass is 10.0. The van der Waals surface area contributed by atoms with Crippen molar-refractivity contribution in [1.29, 1.82) is 0 Å². The maximum absolute atomic E-state index is 13.5. The van der Waals surface area contributed by atoms with Gasteiger partial charge >= 0.3 is 0 Å². The highest BCUT2D eigenvalue weighted by Crippen LogP contribution is 2.26. The zero-order valence-electron chi connectivity index (χ0n) is 20.4. The van der Waals surface area contributed by atoms with Crippen LogP contribution in [0.5, 0.6) is 0 Å². The van der Waals surface area contributed by atoms with Gasteiger partial charge in [-0.15, -0.1) is 0 Å². The molecule has 2 saturated heterocycles. The van der Waals surface area contributed by atoms with Crippen molar-refractivity contribution in [2.75, 3.05) is 49.1 Å². The lowest BCUT2D eigenvalue weighted by Gasteiger charge is -2.37. The van der Waals surface area contributed by atoms with Crippen LogP contribution in [0.25, 0.3) is 0 Å². The molecule has 3 heterocycles. The lowest BCUT2D eigenvalue weighted by molar-refractivity contribution is 0.0747. The third kappa shape index (κ3) is 5.71. The number of halogens is 2. The maximum atomic E-state index is 13.5. The van der Waals surface area contributed by atoms with E-state index in [-0.39, 0.29) is 17.5 Å². The Labute approximate surface area is 214 Å². The summed E-state index contributed by atoms with van der Waals surface area (Å²) in [5.74, 6) is -1.11. The number of anilines is 2. The molecule has 0 aliphatic carbocycles. The lowest BCUT2D eigenvalue weighted by Crippen LogP contribution is -2.49. The van der Waals surface area contributed by atoms with Crippen LogP contribution in [-0.4, -0.2) is 67.0 Å². The minimum atomic E-state index is -0.778. The monoisotopic (exact) mass is 505 g/mol. The van der Waals surface area contributed by atoms with E-state index in [0.717, 1.165) is 42.8 Å². The summed E-state index contributed by atoms with van der Waals surface area (Å²) in [6, 6.07) is 16.2. The number of hydrogen-bond acceptors (Lipinski definition) is 5. The molecule has 5 rings (SSSR count). The number of benzene rings is 2. The van der Waals surface area contributed by atoms with Gasteiger partial charge in [-0.1, -0.05) is 18.2 Å². The van der Waals surface area contributed by atoms with Gasteiger partial charge in [-0.25, -0.2) is 13.8 Å². The van der Waals surface area contributed by atoms with Crippen molar-refractivity contribution < 1.29 is 18.4 Å². The highest BCUT2D eigenvalue weighted by molar-refractivity contribution is 6.00. The highest BCUT2D eigenvalue weighted by Gasteiger charge is 2.28. The van der Waals surface area contributed by atoms with E-state index < -0.39 is 17.5 Å². The summed E-state index contributed by atoms with van der Waals surface area (Å²) in [6.45, 7) is 4.01. The summed E-state index contributed by atoms with van der Waals surface area (Å²) in [7, 11) is 0. The molecule has 0 saturated carbocycles. The fourth-order valence-electron chi connectivity index (χ4n) is 5.00. The van der Waals surface area contributed by atoms with Crippen LogP contribution in [0.15, 0.2) is 66.9 Å². The first-order valence-corrected chi connectivity index (χ1v) is 12.5.